The molecule has 0 amide bonds. The zero-order valence-electron chi connectivity index (χ0n) is 16.6. The lowest BCUT2D eigenvalue weighted by Crippen LogP contribution is -2.25. The van der Waals surface area contributed by atoms with Crippen molar-refractivity contribution in [1.82, 2.24) is 14.3 Å². The van der Waals surface area contributed by atoms with Crippen LogP contribution in [0.1, 0.15) is 48.5 Å². The highest BCUT2D eigenvalue weighted by atomic mass is 32.1. The van der Waals surface area contributed by atoms with Crippen molar-refractivity contribution in [3.63, 3.8) is 0 Å². The lowest BCUT2D eigenvalue weighted by molar-refractivity contribution is 0.268. The molecule has 0 aliphatic heterocycles. The third-order valence-corrected chi connectivity index (χ3v) is 6.43. The molecular formula is C22H27N3O2S. The first kappa shape index (κ1) is 19.2. The molecule has 0 unspecified atom stereocenters. The van der Waals surface area contributed by atoms with Crippen LogP contribution in [0.5, 0.6) is 5.75 Å². The second-order valence-corrected chi connectivity index (χ2v) is 8.33. The largest absolute Gasteiger partial charge is 0.494 e. The summed E-state index contributed by atoms with van der Waals surface area (Å²) in [5, 5.41) is 0. The summed E-state index contributed by atoms with van der Waals surface area (Å²) in [4.78, 5) is 22.1. The average molecular weight is 398 g/mol. The maximum Gasteiger partial charge on any atom is 0.259 e. The topological polar surface area (TPSA) is 46.8 Å². The Kier molecular flexibility index (Phi) is 5.78. The van der Waals surface area contributed by atoms with E-state index in [-0.39, 0.29) is 5.56 Å². The smallest absolute Gasteiger partial charge is 0.259 e. The van der Waals surface area contributed by atoms with Crippen LogP contribution in [0.3, 0.4) is 0 Å². The van der Waals surface area contributed by atoms with E-state index < -0.39 is 0 Å². The van der Waals surface area contributed by atoms with E-state index in [0.29, 0.717) is 13.2 Å². The number of rotatable bonds is 7. The SMILES string of the molecule is CCOc1ccc(CN(CC)Cc2cc(=O)n3c4c(sc3n2)CCCC4)cc1. The average Bonchev–Trinajstić information content (AvgIpc) is 3.08. The van der Waals surface area contributed by atoms with Gasteiger partial charge in [0.05, 0.1) is 12.3 Å². The van der Waals surface area contributed by atoms with Gasteiger partial charge in [-0.25, -0.2) is 4.98 Å². The van der Waals surface area contributed by atoms with Crippen molar-refractivity contribution < 1.29 is 4.74 Å². The van der Waals surface area contributed by atoms with Crippen LogP contribution in [-0.4, -0.2) is 27.4 Å². The Hall–Kier alpha value is -2.18. The maximum atomic E-state index is 12.8. The Balaban J connectivity index is 1.53. The molecule has 28 heavy (non-hydrogen) atoms. The molecule has 1 aromatic carbocycles. The number of fused-ring (bicyclic) bond motifs is 3. The Labute approximate surface area is 169 Å². The first-order chi connectivity index (χ1) is 13.7. The van der Waals surface area contributed by atoms with Gasteiger partial charge in [0.1, 0.15) is 5.75 Å². The molecule has 2 heterocycles. The number of hydrogen-bond acceptors (Lipinski definition) is 5. The van der Waals surface area contributed by atoms with E-state index in [9.17, 15) is 4.79 Å². The van der Waals surface area contributed by atoms with Crippen LogP contribution < -0.4 is 10.3 Å². The molecule has 0 fully saturated rings. The van der Waals surface area contributed by atoms with Gasteiger partial charge in [0.25, 0.3) is 5.56 Å². The minimum Gasteiger partial charge on any atom is -0.494 e. The fraction of sp³-hybridized carbons (Fsp3) is 0.455. The fourth-order valence-corrected chi connectivity index (χ4v) is 5.08. The van der Waals surface area contributed by atoms with E-state index in [4.69, 9.17) is 9.72 Å². The van der Waals surface area contributed by atoms with Crippen LogP contribution in [0.4, 0.5) is 0 Å². The van der Waals surface area contributed by atoms with Crippen LogP contribution in [0.15, 0.2) is 35.1 Å². The van der Waals surface area contributed by atoms with E-state index in [1.54, 1.807) is 17.4 Å². The first-order valence-electron chi connectivity index (χ1n) is 10.1. The predicted molar refractivity (Wildman–Crippen MR) is 113 cm³/mol. The molecule has 0 N–H and O–H groups in total. The molecular weight excluding hydrogens is 370 g/mol. The van der Waals surface area contributed by atoms with E-state index in [0.717, 1.165) is 42.3 Å². The number of benzene rings is 1. The van der Waals surface area contributed by atoms with Crippen molar-refractivity contribution in [2.45, 2.75) is 52.6 Å². The van der Waals surface area contributed by atoms with Crippen molar-refractivity contribution in [2.24, 2.45) is 0 Å². The van der Waals surface area contributed by atoms with Crippen LogP contribution in [0.25, 0.3) is 4.96 Å². The van der Waals surface area contributed by atoms with Crippen LogP contribution in [-0.2, 0) is 25.9 Å². The minimum absolute atomic E-state index is 0.0662. The Morgan fingerprint density at radius 2 is 1.93 bits per heavy atom. The van der Waals surface area contributed by atoms with Gasteiger partial charge >= 0.3 is 0 Å². The molecule has 0 saturated carbocycles. The minimum atomic E-state index is 0.0662. The summed E-state index contributed by atoms with van der Waals surface area (Å²) >= 11 is 1.69. The molecule has 0 saturated heterocycles. The zero-order valence-corrected chi connectivity index (χ0v) is 17.4. The highest BCUT2D eigenvalue weighted by Gasteiger charge is 2.19. The molecule has 2 aromatic heterocycles. The van der Waals surface area contributed by atoms with Gasteiger partial charge in [0, 0.05) is 29.7 Å². The Morgan fingerprint density at radius 1 is 1.14 bits per heavy atom. The zero-order chi connectivity index (χ0) is 19.5. The van der Waals surface area contributed by atoms with Gasteiger partial charge in [-0.05, 0) is 56.8 Å². The summed E-state index contributed by atoms with van der Waals surface area (Å²) in [7, 11) is 0. The van der Waals surface area contributed by atoms with E-state index in [1.807, 2.05) is 23.5 Å². The summed E-state index contributed by atoms with van der Waals surface area (Å²) < 4.78 is 7.36. The second kappa shape index (κ2) is 8.45. The Bertz CT molecular complexity index is 1010. The molecule has 0 atom stereocenters. The summed E-state index contributed by atoms with van der Waals surface area (Å²) in [5.41, 5.74) is 3.35. The van der Waals surface area contributed by atoms with Gasteiger partial charge < -0.3 is 4.74 Å². The van der Waals surface area contributed by atoms with Crippen molar-refractivity contribution in [2.75, 3.05) is 13.2 Å². The molecule has 3 aromatic rings. The maximum absolute atomic E-state index is 12.8. The molecule has 148 valence electrons. The molecule has 0 bridgehead atoms. The van der Waals surface area contributed by atoms with Crippen molar-refractivity contribution in [3.05, 3.63) is 62.5 Å². The monoisotopic (exact) mass is 397 g/mol. The van der Waals surface area contributed by atoms with Gasteiger partial charge in [0.15, 0.2) is 4.96 Å². The molecule has 1 aliphatic rings. The predicted octanol–water partition coefficient (Wildman–Crippen LogP) is 4.06. The first-order valence-corrected chi connectivity index (χ1v) is 11.0. The van der Waals surface area contributed by atoms with E-state index in [1.165, 1.54) is 29.0 Å². The molecule has 4 rings (SSSR count). The number of thiazole rings is 1. The fourth-order valence-electron chi connectivity index (χ4n) is 3.85. The number of aromatic nitrogens is 2. The summed E-state index contributed by atoms with van der Waals surface area (Å²) in [6, 6.07) is 9.95. The lowest BCUT2D eigenvalue weighted by Gasteiger charge is -2.20. The van der Waals surface area contributed by atoms with E-state index >= 15 is 0 Å². The van der Waals surface area contributed by atoms with Crippen LogP contribution in [0, 0.1) is 0 Å². The Morgan fingerprint density at radius 3 is 2.68 bits per heavy atom. The van der Waals surface area contributed by atoms with Gasteiger partial charge in [-0.2, -0.15) is 0 Å². The lowest BCUT2D eigenvalue weighted by atomic mass is 10.0. The molecule has 0 spiro atoms. The standard InChI is InChI=1S/C22H27N3O2S/c1-3-24(14-16-9-11-18(12-10-16)27-4-2)15-17-13-21(26)25-19-7-5-6-8-20(19)28-22(25)23-17/h9-13H,3-8,14-15H2,1-2H3. The van der Waals surface area contributed by atoms with Crippen molar-refractivity contribution in [1.29, 1.82) is 0 Å². The molecule has 1 aliphatic carbocycles. The van der Waals surface area contributed by atoms with Crippen LogP contribution in [0.2, 0.25) is 0 Å². The van der Waals surface area contributed by atoms with Gasteiger partial charge in [-0.1, -0.05) is 19.1 Å². The number of aryl methyl sites for hydroxylation is 2. The van der Waals surface area contributed by atoms with E-state index in [2.05, 4.69) is 24.0 Å². The van der Waals surface area contributed by atoms with Gasteiger partial charge in [0.2, 0.25) is 0 Å². The van der Waals surface area contributed by atoms with Gasteiger partial charge in [-0.3, -0.25) is 14.1 Å². The van der Waals surface area contributed by atoms with Crippen LogP contribution >= 0.6 is 11.3 Å². The summed E-state index contributed by atoms with van der Waals surface area (Å²) in [5.74, 6) is 0.899. The quantitative estimate of drug-likeness (QED) is 0.603. The van der Waals surface area contributed by atoms with Crippen molar-refractivity contribution in [3.8, 4) is 5.75 Å². The highest BCUT2D eigenvalue weighted by molar-refractivity contribution is 7.17. The number of nitrogens with zero attached hydrogens (tertiary/aromatic N) is 3. The number of ether oxygens (including phenoxy) is 1. The molecule has 6 heteroatoms. The molecule has 0 radical (unpaired) electrons. The molecule has 5 nitrogen and oxygen atoms in total. The number of hydrogen-bond donors (Lipinski definition) is 0. The van der Waals surface area contributed by atoms with Gasteiger partial charge in [-0.15, -0.1) is 11.3 Å². The summed E-state index contributed by atoms with van der Waals surface area (Å²) in [6.07, 6.45) is 4.46. The normalized spacial score (nSPS) is 13.8. The highest BCUT2D eigenvalue weighted by Crippen LogP contribution is 2.28. The third-order valence-electron chi connectivity index (χ3n) is 5.29. The van der Waals surface area contributed by atoms with Crippen molar-refractivity contribution >= 4 is 16.3 Å². The summed E-state index contributed by atoms with van der Waals surface area (Å²) in [6.45, 7) is 7.21. The second-order valence-electron chi connectivity index (χ2n) is 7.26. The third kappa shape index (κ3) is 3.98.